The van der Waals surface area contributed by atoms with Crippen LogP contribution in [-0.2, 0) is 0 Å². The second kappa shape index (κ2) is 7.26. The average Bonchev–Trinajstić information content (AvgIpc) is 2.55. The number of methoxy groups -OCH3 is 1. The highest BCUT2D eigenvalue weighted by molar-refractivity contribution is 6.31. The SMILES string of the molecule is COc1ccc(Cl)cc1Nc1nc(C)cc(N2CCC(C)CC2)n1. The highest BCUT2D eigenvalue weighted by Crippen LogP contribution is 2.30. The third-order valence-electron chi connectivity index (χ3n) is 4.36. The number of benzene rings is 1. The molecule has 1 saturated heterocycles. The standard InChI is InChI=1S/C18H23ClN4O/c1-12-6-8-23(9-7-12)17-10-13(2)20-18(22-17)21-15-11-14(19)4-5-16(15)24-3/h4-5,10-12H,6-9H2,1-3H3,(H,20,21,22). The number of nitrogens with zero attached hydrogens (tertiary/aromatic N) is 3. The van der Waals surface area contributed by atoms with E-state index < -0.39 is 0 Å². The van der Waals surface area contributed by atoms with Crippen molar-refractivity contribution in [1.29, 1.82) is 0 Å². The number of hydrogen-bond acceptors (Lipinski definition) is 5. The molecular formula is C18H23ClN4O. The minimum Gasteiger partial charge on any atom is -0.495 e. The maximum absolute atomic E-state index is 6.09. The molecule has 0 amide bonds. The van der Waals surface area contributed by atoms with Crippen LogP contribution in [0.4, 0.5) is 17.5 Å². The third-order valence-corrected chi connectivity index (χ3v) is 4.59. The van der Waals surface area contributed by atoms with E-state index in [0.29, 0.717) is 16.7 Å². The topological polar surface area (TPSA) is 50.3 Å². The second-order valence-electron chi connectivity index (χ2n) is 6.33. The first-order valence-electron chi connectivity index (χ1n) is 8.26. The minimum absolute atomic E-state index is 0.559. The summed E-state index contributed by atoms with van der Waals surface area (Å²) < 4.78 is 5.37. The number of aryl methyl sites for hydroxylation is 1. The maximum Gasteiger partial charge on any atom is 0.229 e. The van der Waals surface area contributed by atoms with Crippen molar-refractivity contribution in [3.05, 3.63) is 35.0 Å². The highest BCUT2D eigenvalue weighted by Gasteiger charge is 2.18. The summed E-state index contributed by atoms with van der Waals surface area (Å²) in [6.07, 6.45) is 2.40. The Labute approximate surface area is 148 Å². The lowest BCUT2D eigenvalue weighted by atomic mass is 9.99. The largest absolute Gasteiger partial charge is 0.495 e. The Hall–Kier alpha value is -2.01. The summed E-state index contributed by atoms with van der Waals surface area (Å²) in [6.45, 7) is 6.37. The first kappa shape index (κ1) is 16.8. The van der Waals surface area contributed by atoms with Gasteiger partial charge in [0.1, 0.15) is 11.6 Å². The van der Waals surface area contributed by atoms with Crippen LogP contribution >= 0.6 is 11.6 Å². The normalized spacial score (nSPS) is 15.4. The van der Waals surface area contributed by atoms with Crippen molar-refractivity contribution in [2.24, 2.45) is 5.92 Å². The molecule has 0 unspecified atom stereocenters. The number of halogens is 1. The molecule has 1 fully saturated rings. The first-order valence-corrected chi connectivity index (χ1v) is 8.64. The van der Waals surface area contributed by atoms with Gasteiger partial charge in [-0.1, -0.05) is 18.5 Å². The van der Waals surface area contributed by atoms with E-state index in [1.54, 1.807) is 13.2 Å². The van der Waals surface area contributed by atoms with Crippen LogP contribution in [0.15, 0.2) is 24.3 Å². The number of aromatic nitrogens is 2. The number of nitrogens with one attached hydrogen (secondary N) is 1. The lowest BCUT2D eigenvalue weighted by Crippen LogP contribution is -2.33. The van der Waals surface area contributed by atoms with Crippen LogP contribution in [0.25, 0.3) is 0 Å². The molecule has 0 atom stereocenters. The van der Waals surface area contributed by atoms with Crippen LogP contribution in [0.1, 0.15) is 25.5 Å². The Bertz CT molecular complexity index is 714. The Morgan fingerprint density at radius 3 is 2.67 bits per heavy atom. The summed E-state index contributed by atoms with van der Waals surface area (Å²) >= 11 is 6.09. The molecule has 0 bridgehead atoms. The van der Waals surface area contributed by atoms with Gasteiger partial charge in [0, 0.05) is 29.9 Å². The van der Waals surface area contributed by atoms with Gasteiger partial charge in [0.15, 0.2) is 0 Å². The lowest BCUT2D eigenvalue weighted by Gasteiger charge is -2.31. The van der Waals surface area contributed by atoms with Crippen molar-refractivity contribution in [3.63, 3.8) is 0 Å². The molecule has 2 heterocycles. The van der Waals surface area contributed by atoms with Gasteiger partial charge < -0.3 is 15.0 Å². The Kier molecular flexibility index (Phi) is 5.09. The Morgan fingerprint density at radius 1 is 1.21 bits per heavy atom. The monoisotopic (exact) mass is 346 g/mol. The fourth-order valence-electron chi connectivity index (χ4n) is 2.91. The van der Waals surface area contributed by atoms with Gasteiger partial charge in [0.25, 0.3) is 0 Å². The van der Waals surface area contributed by atoms with Crippen molar-refractivity contribution in [1.82, 2.24) is 9.97 Å². The molecule has 0 radical (unpaired) electrons. The predicted molar refractivity (Wildman–Crippen MR) is 98.7 cm³/mol. The molecule has 128 valence electrons. The van der Waals surface area contributed by atoms with Gasteiger partial charge in [-0.25, -0.2) is 4.98 Å². The number of piperidine rings is 1. The summed E-state index contributed by atoms with van der Waals surface area (Å²) in [7, 11) is 1.63. The summed E-state index contributed by atoms with van der Waals surface area (Å²) in [5.74, 6) is 3.03. The number of ether oxygens (including phenoxy) is 1. The maximum atomic E-state index is 6.09. The fraction of sp³-hybridized carbons (Fsp3) is 0.444. The third kappa shape index (κ3) is 3.90. The van der Waals surface area contributed by atoms with Crippen LogP contribution in [0.5, 0.6) is 5.75 Å². The van der Waals surface area contributed by atoms with Gasteiger partial charge in [-0.2, -0.15) is 4.98 Å². The Balaban J connectivity index is 1.85. The molecule has 3 rings (SSSR count). The molecule has 5 nitrogen and oxygen atoms in total. The van der Waals surface area contributed by atoms with E-state index in [1.807, 2.05) is 25.1 Å². The van der Waals surface area contributed by atoms with Crippen LogP contribution in [-0.4, -0.2) is 30.2 Å². The molecular weight excluding hydrogens is 324 g/mol. The van der Waals surface area contributed by atoms with E-state index in [9.17, 15) is 0 Å². The van der Waals surface area contributed by atoms with Crippen LogP contribution in [0.2, 0.25) is 5.02 Å². The predicted octanol–water partition coefficient (Wildman–Crippen LogP) is 4.43. The molecule has 1 N–H and O–H groups in total. The zero-order valence-corrected chi connectivity index (χ0v) is 15.1. The van der Waals surface area contributed by atoms with Gasteiger partial charge in [-0.15, -0.1) is 0 Å². The van der Waals surface area contributed by atoms with Crippen molar-refractivity contribution >= 4 is 29.1 Å². The van der Waals surface area contributed by atoms with E-state index in [4.69, 9.17) is 16.3 Å². The van der Waals surface area contributed by atoms with Gasteiger partial charge in [0.2, 0.25) is 5.95 Å². The fourth-order valence-corrected chi connectivity index (χ4v) is 3.08. The van der Waals surface area contributed by atoms with E-state index in [0.717, 1.165) is 36.2 Å². The molecule has 2 aromatic rings. The van der Waals surface area contributed by atoms with E-state index in [2.05, 4.69) is 27.1 Å². The number of anilines is 3. The van der Waals surface area contributed by atoms with Gasteiger partial charge in [-0.05, 0) is 43.9 Å². The van der Waals surface area contributed by atoms with Crippen molar-refractivity contribution in [2.75, 3.05) is 30.4 Å². The van der Waals surface area contributed by atoms with Gasteiger partial charge in [0.05, 0.1) is 12.8 Å². The zero-order valence-electron chi connectivity index (χ0n) is 14.3. The summed E-state index contributed by atoms with van der Waals surface area (Å²) in [4.78, 5) is 11.5. The summed E-state index contributed by atoms with van der Waals surface area (Å²) in [5, 5.41) is 3.87. The zero-order chi connectivity index (χ0) is 17.1. The molecule has 1 aliphatic rings. The van der Waals surface area contributed by atoms with Crippen LogP contribution in [0, 0.1) is 12.8 Å². The smallest absolute Gasteiger partial charge is 0.229 e. The second-order valence-corrected chi connectivity index (χ2v) is 6.77. The molecule has 1 aliphatic heterocycles. The average molecular weight is 347 g/mol. The minimum atomic E-state index is 0.559. The van der Waals surface area contributed by atoms with Crippen molar-refractivity contribution < 1.29 is 4.74 Å². The van der Waals surface area contributed by atoms with Crippen LogP contribution in [0.3, 0.4) is 0 Å². The first-order chi connectivity index (χ1) is 11.5. The molecule has 1 aromatic carbocycles. The van der Waals surface area contributed by atoms with Crippen LogP contribution < -0.4 is 15.0 Å². The lowest BCUT2D eigenvalue weighted by molar-refractivity contribution is 0.417. The number of hydrogen-bond donors (Lipinski definition) is 1. The van der Waals surface area contributed by atoms with Gasteiger partial charge in [-0.3, -0.25) is 0 Å². The molecule has 1 aromatic heterocycles. The Morgan fingerprint density at radius 2 is 1.96 bits per heavy atom. The highest BCUT2D eigenvalue weighted by atomic mass is 35.5. The van der Waals surface area contributed by atoms with E-state index in [1.165, 1.54) is 12.8 Å². The number of rotatable bonds is 4. The summed E-state index contributed by atoms with van der Waals surface area (Å²) in [6, 6.07) is 7.47. The quantitative estimate of drug-likeness (QED) is 0.887. The summed E-state index contributed by atoms with van der Waals surface area (Å²) in [5.41, 5.74) is 1.69. The molecule has 0 spiro atoms. The molecule has 0 saturated carbocycles. The van der Waals surface area contributed by atoms with E-state index >= 15 is 0 Å². The molecule has 24 heavy (non-hydrogen) atoms. The van der Waals surface area contributed by atoms with Crippen molar-refractivity contribution in [2.45, 2.75) is 26.7 Å². The van der Waals surface area contributed by atoms with Crippen molar-refractivity contribution in [3.8, 4) is 5.75 Å². The van der Waals surface area contributed by atoms with E-state index in [-0.39, 0.29) is 0 Å². The van der Waals surface area contributed by atoms with Gasteiger partial charge >= 0.3 is 0 Å². The molecule has 6 heteroatoms. The molecule has 0 aliphatic carbocycles.